The number of pyridine rings is 1. The van der Waals surface area contributed by atoms with Crippen molar-refractivity contribution in [3.63, 3.8) is 0 Å². The Hall–Kier alpha value is -3.68. The Morgan fingerprint density at radius 2 is 1.48 bits per heavy atom. The molecule has 0 fully saturated rings. The summed E-state index contributed by atoms with van der Waals surface area (Å²) >= 11 is 0. The molecule has 1 heterocycles. The fourth-order valence-corrected chi connectivity index (χ4v) is 2.63. The Labute approximate surface area is 164 Å². The van der Waals surface area contributed by atoms with Gasteiger partial charge < -0.3 is 10.6 Å². The van der Waals surface area contributed by atoms with Crippen LogP contribution in [0.3, 0.4) is 0 Å². The summed E-state index contributed by atoms with van der Waals surface area (Å²) in [6.45, 7) is 1.83. The molecule has 0 unspecified atom stereocenters. The van der Waals surface area contributed by atoms with E-state index in [1.165, 1.54) is 30.5 Å². The molecule has 0 atom stereocenters. The van der Waals surface area contributed by atoms with Gasteiger partial charge in [-0.25, -0.2) is 0 Å². The van der Waals surface area contributed by atoms with Gasteiger partial charge in [-0.05, 0) is 42.8 Å². The molecule has 0 radical (unpaired) electrons. The van der Waals surface area contributed by atoms with Crippen LogP contribution in [0.15, 0.2) is 66.9 Å². The van der Waals surface area contributed by atoms with Crippen LogP contribution in [-0.2, 0) is 6.18 Å². The summed E-state index contributed by atoms with van der Waals surface area (Å²) < 4.78 is 39.3. The van der Waals surface area contributed by atoms with Gasteiger partial charge in [0.05, 0.1) is 11.3 Å². The monoisotopic (exact) mass is 399 g/mol. The highest BCUT2D eigenvalue weighted by molar-refractivity contribution is 6.08. The molecule has 2 N–H and O–H groups in total. The number of aryl methyl sites for hydroxylation is 1. The van der Waals surface area contributed by atoms with Gasteiger partial charge in [-0.1, -0.05) is 30.3 Å². The first-order chi connectivity index (χ1) is 13.8. The van der Waals surface area contributed by atoms with Crippen molar-refractivity contribution >= 4 is 23.2 Å². The Bertz CT molecular complexity index is 1060. The van der Waals surface area contributed by atoms with E-state index in [-0.39, 0.29) is 16.9 Å². The number of nitrogens with one attached hydrogen (secondary N) is 2. The molecule has 29 heavy (non-hydrogen) atoms. The van der Waals surface area contributed by atoms with Gasteiger partial charge in [-0.3, -0.25) is 14.6 Å². The number of para-hydroxylation sites is 2. The number of anilines is 2. The minimum Gasteiger partial charge on any atom is -0.322 e. The quantitative estimate of drug-likeness (QED) is 0.655. The van der Waals surface area contributed by atoms with E-state index < -0.39 is 23.6 Å². The number of benzene rings is 2. The first kappa shape index (κ1) is 20.1. The molecule has 2 aromatic carbocycles. The van der Waals surface area contributed by atoms with Gasteiger partial charge in [0.1, 0.15) is 5.69 Å². The fraction of sp³-hybridized carbons (Fsp3) is 0.0952. The molecule has 0 aliphatic carbocycles. The Balaban J connectivity index is 1.80. The smallest absolute Gasteiger partial charge is 0.322 e. The second-order valence-electron chi connectivity index (χ2n) is 6.20. The molecule has 5 nitrogen and oxygen atoms in total. The van der Waals surface area contributed by atoms with Crippen molar-refractivity contribution in [3.05, 3.63) is 89.2 Å². The van der Waals surface area contributed by atoms with E-state index in [2.05, 4.69) is 15.6 Å². The summed E-state index contributed by atoms with van der Waals surface area (Å²) in [7, 11) is 0. The molecule has 0 aliphatic heterocycles. The summed E-state index contributed by atoms with van der Waals surface area (Å²) in [6, 6.07) is 14.4. The number of amides is 2. The van der Waals surface area contributed by atoms with Gasteiger partial charge in [0, 0.05) is 17.4 Å². The number of nitrogens with zero attached hydrogens (tertiary/aromatic N) is 1. The molecule has 0 bridgehead atoms. The molecule has 2 amide bonds. The lowest BCUT2D eigenvalue weighted by molar-refractivity contribution is -0.136. The van der Waals surface area contributed by atoms with Gasteiger partial charge >= 0.3 is 6.18 Å². The van der Waals surface area contributed by atoms with E-state index in [0.717, 1.165) is 17.7 Å². The number of halogens is 3. The largest absolute Gasteiger partial charge is 0.418 e. The zero-order chi connectivity index (χ0) is 21.0. The average molecular weight is 399 g/mol. The van der Waals surface area contributed by atoms with Crippen LogP contribution in [-0.4, -0.2) is 16.8 Å². The van der Waals surface area contributed by atoms with Crippen molar-refractivity contribution in [2.75, 3.05) is 10.6 Å². The molecule has 148 valence electrons. The maximum atomic E-state index is 13.1. The van der Waals surface area contributed by atoms with Crippen molar-refractivity contribution in [1.82, 2.24) is 4.98 Å². The molecule has 0 saturated heterocycles. The molecule has 0 aliphatic rings. The standard InChI is InChI=1S/C21H16F3N3O2/c1-13-6-2-4-8-16(13)26-19(28)14-10-11-25-18(12-14)20(29)27-17-9-5-3-7-15(17)21(22,23)24/h2-12H,1H3,(H,26,28)(H,27,29). The number of carbonyl (C=O) groups is 2. The highest BCUT2D eigenvalue weighted by Crippen LogP contribution is 2.34. The summed E-state index contributed by atoms with van der Waals surface area (Å²) in [6.07, 6.45) is -3.37. The predicted octanol–water partition coefficient (Wildman–Crippen LogP) is 4.91. The van der Waals surface area contributed by atoms with Crippen molar-refractivity contribution in [2.45, 2.75) is 13.1 Å². The minimum absolute atomic E-state index is 0.150. The van der Waals surface area contributed by atoms with Crippen LogP contribution in [0.1, 0.15) is 32.0 Å². The highest BCUT2D eigenvalue weighted by Gasteiger charge is 2.33. The maximum Gasteiger partial charge on any atom is 0.418 e. The zero-order valence-corrected chi connectivity index (χ0v) is 15.2. The lowest BCUT2D eigenvalue weighted by atomic mass is 10.1. The molecule has 3 rings (SSSR count). The number of hydrogen-bond donors (Lipinski definition) is 2. The third-order valence-corrected chi connectivity index (χ3v) is 4.13. The van der Waals surface area contributed by atoms with E-state index in [9.17, 15) is 22.8 Å². The Morgan fingerprint density at radius 1 is 0.862 bits per heavy atom. The van der Waals surface area contributed by atoms with Crippen LogP contribution in [0.5, 0.6) is 0 Å². The second-order valence-corrected chi connectivity index (χ2v) is 6.20. The van der Waals surface area contributed by atoms with Crippen LogP contribution >= 0.6 is 0 Å². The lowest BCUT2D eigenvalue weighted by Crippen LogP contribution is -2.19. The third-order valence-electron chi connectivity index (χ3n) is 4.13. The van der Waals surface area contributed by atoms with E-state index in [1.54, 1.807) is 12.1 Å². The van der Waals surface area contributed by atoms with Crippen LogP contribution in [0, 0.1) is 6.92 Å². The van der Waals surface area contributed by atoms with Crippen LogP contribution in [0.2, 0.25) is 0 Å². The first-order valence-corrected chi connectivity index (χ1v) is 8.56. The third kappa shape index (κ3) is 4.78. The Morgan fingerprint density at radius 3 is 2.17 bits per heavy atom. The van der Waals surface area contributed by atoms with Crippen molar-refractivity contribution < 1.29 is 22.8 Å². The number of rotatable bonds is 4. The van der Waals surface area contributed by atoms with Gasteiger partial charge in [0.15, 0.2) is 0 Å². The Kier molecular flexibility index (Phi) is 5.63. The minimum atomic E-state index is -4.62. The van der Waals surface area contributed by atoms with E-state index in [4.69, 9.17) is 0 Å². The molecule has 0 spiro atoms. The average Bonchev–Trinajstić information content (AvgIpc) is 2.69. The maximum absolute atomic E-state index is 13.1. The zero-order valence-electron chi connectivity index (χ0n) is 15.2. The van der Waals surface area contributed by atoms with Crippen molar-refractivity contribution in [1.29, 1.82) is 0 Å². The predicted molar refractivity (Wildman–Crippen MR) is 103 cm³/mol. The van der Waals surface area contributed by atoms with Gasteiger partial charge in [0.25, 0.3) is 11.8 Å². The van der Waals surface area contributed by atoms with Crippen LogP contribution < -0.4 is 10.6 Å². The first-order valence-electron chi connectivity index (χ1n) is 8.56. The normalized spacial score (nSPS) is 11.0. The summed E-state index contributed by atoms with van der Waals surface area (Å²) in [5.41, 5.74) is 0.0799. The number of carbonyl (C=O) groups excluding carboxylic acids is 2. The number of hydrogen-bond acceptors (Lipinski definition) is 3. The second kappa shape index (κ2) is 8.14. The molecular formula is C21H16F3N3O2. The number of alkyl halides is 3. The van der Waals surface area contributed by atoms with Crippen LogP contribution in [0.4, 0.5) is 24.5 Å². The fourth-order valence-electron chi connectivity index (χ4n) is 2.63. The van der Waals surface area contributed by atoms with Gasteiger partial charge in [-0.2, -0.15) is 13.2 Å². The summed E-state index contributed by atoms with van der Waals surface area (Å²) in [5.74, 6) is -1.32. The van der Waals surface area contributed by atoms with Crippen molar-refractivity contribution in [3.8, 4) is 0 Å². The van der Waals surface area contributed by atoms with Gasteiger partial charge in [0.2, 0.25) is 0 Å². The molecule has 8 heteroatoms. The lowest BCUT2D eigenvalue weighted by Gasteiger charge is -2.13. The van der Waals surface area contributed by atoms with Crippen LogP contribution in [0.25, 0.3) is 0 Å². The SMILES string of the molecule is Cc1ccccc1NC(=O)c1ccnc(C(=O)Nc2ccccc2C(F)(F)F)c1. The highest BCUT2D eigenvalue weighted by atomic mass is 19.4. The topological polar surface area (TPSA) is 71.1 Å². The van der Waals surface area contributed by atoms with E-state index in [1.807, 2.05) is 19.1 Å². The van der Waals surface area contributed by atoms with Crippen molar-refractivity contribution in [2.24, 2.45) is 0 Å². The number of aromatic nitrogens is 1. The molecule has 1 aromatic heterocycles. The summed E-state index contributed by atoms with van der Waals surface area (Å²) in [4.78, 5) is 28.7. The van der Waals surface area contributed by atoms with Gasteiger partial charge in [-0.15, -0.1) is 0 Å². The molecular weight excluding hydrogens is 383 g/mol. The molecule has 0 saturated carbocycles. The van der Waals surface area contributed by atoms with E-state index in [0.29, 0.717) is 5.69 Å². The summed E-state index contributed by atoms with van der Waals surface area (Å²) in [5, 5.41) is 4.93. The molecule has 3 aromatic rings. The van der Waals surface area contributed by atoms with E-state index >= 15 is 0 Å².